The fourth-order valence-electron chi connectivity index (χ4n) is 2.38. The van der Waals surface area contributed by atoms with Crippen molar-refractivity contribution in [3.05, 3.63) is 17.0 Å². The molecular weight excluding hydrogens is 300 g/mol. The highest BCUT2D eigenvalue weighted by molar-refractivity contribution is 7.99. The van der Waals surface area contributed by atoms with E-state index in [1.54, 1.807) is 17.8 Å². The first-order valence-corrected chi connectivity index (χ1v) is 9.99. The topological polar surface area (TPSA) is 72.2 Å². The third-order valence-corrected chi connectivity index (χ3v) is 7.65. The highest BCUT2D eigenvalue weighted by Gasteiger charge is 2.31. The lowest BCUT2D eigenvalue weighted by Crippen LogP contribution is -2.38. The van der Waals surface area contributed by atoms with Gasteiger partial charge in [0.1, 0.15) is 4.21 Å². The molecule has 108 valence electrons. The summed E-state index contributed by atoms with van der Waals surface area (Å²) < 4.78 is 27.9. The number of thiophene rings is 1. The molecule has 1 aromatic rings. The van der Waals surface area contributed by atoms with Crippen molar-refractivity contribution < 1.29 is 8.42 Å². The minimum Gasteiger partial charge on any atom is -0.330 e. The first kappa shape index (κ1) is 15.3. The molecule has 1 aliphatic rings. The van der Waals surface area contributed by atoms with Crippen LogP contribution in [0.5, 0.6) is 0 Å². The Hall–Kier alpha value is -0.0800. The smallest absolute Gasteiger partial charge is 0.250 e. The van der Waals surface area contributed by atoms with Crippen LogP contribution in [0.25, 0.3) is 0 Å². The van der Waals surface area contributed by atoms with Gasteiger partial charge in [-0.1, -0.05) is 6.42 Å². The van der Waals surface area contributed by atoms with E-state index in [0.29, 0.717) is 16.0 Å². The van der Waals surface area contributed by atoms with Crippen LogP contribution in [0, 0.1) is 0 Å². The van der Waals surface area contributed by atoms with Crippen molar-refractivity contribution in [2.45, 2.75) is 41.2 Å². The minimum absolute atomic E-state index is 0.0695. The molecule has 0 amide bonds. The minimum atomic E-state index is -3.37. The van der Waals surface area contributed by atoms with Crippen LogP contribution in [0.15, 0.2) is 16.3 Å². The fraction of sp³-hybridized carbons (Fsp3) is 0.667. The molecule has 1 saturated carbocycles. The third kappa shape index (κ3) is 3.72. The molecule has 2 rings (SSSR count). The van der Waals surface area contributed by atoms with E-state index in [1.807, 2.05) is 12.3 Å². The lowest BCUT2D eigenvalue weighted by Gasteiger charge is -2.18. The molecule has 2 unspecified atom stereocenters. The molecule has 0 bridgehead atoms. The maximum Gasteiger partial charge on any atom is 0.250 e. The molecule has 3 N–H and O–H groups in total. The van der Waals surface area contributed by atoms with E-state index in [1.165, 1.54) is 11.3 Å². The monoisotopic (exact) mass is 320 g/mol. The van der Waals surface area contributed by atoms with Crippen molar-refractivity contribution in [3.8, 4) is 0 Å². The number of nitrogens with two attached hydrogens (primary N) is 1. The average molecular weight is 321 g/mol. The lowest BCUT2D eigenvalue weighted by atomic mass is 10.3. The predicted octanol–water partition coefficient (Wildman–Crippen LogP) is 1.81. The maximum atomic E-state index is 12.3. The van der Waals surface area contributed by atoms with Crippen molar-refractivity contribution in [2.24, 2.45) is 5.73 Å². The second-order valence-corrected chi connectivity index (χ2v) is 8.88. The van der Waals surface area contributed by atoms with Gasteiger partial charge in [0, 0.05) is 16.2 Å². The van der Waals surface area contributed by atoms with Crippen LogP contribution in [0.1, 0.15) is 24.1 Å². The Morgan fingerprint density at radius 3 is 2.95 bits per heavy atom. The van der Waals surface area contributed by atoms with Gasteiger partial charge in [0.2, 0.25) is 10.0 Å². The zero-order valence-electron chi connectivity index (χ0n) is 11.0. The molecule has 1 aromatic heterocycles. The summed E-state index contributed by atoms with van der Waals surface area (Å²) in [5, 5.41) is 0.401. The van der Waals surface area contributed by atoms with Gasteiger partial charge in [0.05, 0.1) is 0 Å². The Bertz CT molecular complexity index is 513. The van der Waals surface area contributed by atoms with Gasteiger partial charge in [-0.3, -0.25) is 0 Å². The second-order valence-electron chi connectivity index (χ2n) is 4.69. The third-order valence-electron chi connectivity index (χ3n) is 3.35. The first-order chi connectivity index (χ1) is 9.06. The average Bonchev–Trinajstić information content (AvgIpc) is 2.98. The molecule has 1 fully saturated rings. The SMILES string of the molecule is CSC1CCCC1NS(=O)(=O)c1ccc(CCN)s1. The lowest BCUT2D eigenvalue weighted by molar-refractivity contribution is 0.557. The summed E-state index contributed by atoms with van der Waals surface area (Å²) in [5.41, 5.74) is 5.49. The van der Waals surface area contributed by atoms with E-state index in [-0.39, 0.29) is 6.04 Å². The molecule has 1 aliphatic carbocycles. The zero-order valence-corrected chi connectivity index (χ0v) is 13.4. The van der Waals surface area contributed by atoms with Gasteiger partial charge in [-0.2, -0.15) is 11.8 Å². The second kappa shape index (κ2) is 6.58. The molecule has 2 atom stereocenters. The van der Waals surface area contributed by atoms with Crippen molar-refractivity contribution in [1.82, 2.24) is 4.72 Å². The Labute approximate surface area is 123 Å². The Morgan fingerprint density at radius 1 is 1.47 bits per heavy atom. The van der Waals surface area contributed by atoms with E-state index in [0.717, 1.165) is 30.6 Å². The summed E-state index contributed by atoms with van der Waals surface area (Å²) in [4.78, 5) is 1.02. The van der Waals surface area contributed by atoms with Crippen LogP contribution < -0.4 is 10.5 Å². The Morgan fingerprint density at radius 2 is 2.26 bits per heavy atom. The Balaban J connectivity index is 2.08. The summed E-state index contributed by atoms with van der Waals surface area (Å²) in [6.07, 6.45) is 5.91. The number of rotatable bonds is 6. The summed E-state index contributed by atoms with van der Waals surface area (Å²) in [6.45, 7) is 0.546. The molecular formula is C12H20N2O2S3. The summed E-state index contributed by atoms with van der Waals surface area (Å²) in [6, 6.07) is 3.61. The molecule has 4 nitrogen and oxygen atoms in total. The first-order valence-electron chi connectivity index (χ1n) is 6.40. The van der Waals surface area contributed by atoms with Gasteiger partial charge in [-0.15, -0.1) is 11.3 Å². The highest BCUT2D eigenvalue weighted by atomic mass is 32.2. The normalized spacial score (nSPS) is 23.9. The van der Waals surface area contributed by atoms with E-state index in [2.05, 4.69) is 4.72 Å². The number of thioether (sulfide) groups is 1. The van der Waals surface area contributed by atoms with Crippen LogP contribution in [0.4, 0.5) is 0 Å². The van der Waals surface area contributed by atoms with E-state index < -0.39 is 10.0 Å². The Kier molecular flexibility index (Phi) is 5.30. The standard InChI is InChI=1S/C12H20N2O2S3/c1-17-11-4-2-3-10(11)14-19(15,16)12-6-5-9(18-12)7-8-13/h5-6,10-11,14H,2-4,7-8,13H2,1H3. The van der Waals surface area contributed by atoms with E-state index >= 15 is 0 Å². The highest BCUT2D eigenvalue weighted by Crippen LogP contribution is 2.30. The van der Waals surface area contributed by atoms with Crippen LogP contribution >= 0.6 is 23.1 Å². The number of hydrogen-bond donors (Lipinski definition) is 2. The molecule has 1 heterocycles. The zero-order chi connectivity index (χ0) is 13.9. The van der Waals surface area contributed by atoms with Gasteiger partial charge in [0.25, 0.3) is 0 Å². The summed E-state index contributed by atoms with van der Waals surface area (Å²) in [5.74, 6) is 0. The quantitative estimate of drug-likeness (QED) is 0.838. The number of nitrogens with one attached hydrogen (secondary N) is 1. The molecule has 7 heteroatoms. The van der Waals surface area contributed by atoms with Crippen LogP contribution in [-0.4, -0.2) is 32.5 Å². The largest absolute Gasteiger partial charge is 0.330 e. The fourth-order valence-corrected chi connectivity index (χ4v) is 6.10. The van der Waals surface area contributed by atoms with Crippen molar-refractivity contribution in [3.63, 3.8) is 0 Å². The summed E-state index contributed by atoms with van der Waals surface area (Å²) in [7, 11) is -3.37. The predicted molar refractivity (Wildman–Crippen MR) is 82.3 cm³/mol. The van der Waals surface area contributed by atoms with Crippen LogP contribution in [0.2, 0.25) is 0 Å². The van der Waals surface area contributed by atoms with E-state index in [9.17, 15) is 8.42 Å². The van der Waals surface area contributed by atoms with Gasteiger partial charge < -0.3 is 5.73 Å². The molecule has 19 heavy (non-hydrogen) atoms. The summed E-state index contributed by atoms with van der Waals surface area (Å²) >= 11 is 3.07. The molecule has 0 aliphatic heterocycles. The van der Waals surface area contributed by atoms with Crippen molar-refractivity contribution in [1.29, 1.82) is 0 Å². The number of sulfonamides is 1. The van der Waals surface area contributed by atoms with Crippen molar-refractivity contribution in [2.75, 3.05) is 12.8 Å². The van der Waals surface area contributed by atoms with Crippen molar-refractivity contribution >= 4 is 33.1 Å². The maximum absolute atomic E-state index is 12.3. The molecule has 0 spiro atoms. The molecule has 0 saturated heterocycles. The van der Waals surface area contributed by atoms with Crippen LogP contribution in [-0.2, 0) is 16.4 Å². The number of hydrogen-bond acceptors (Lipinski definition) is 5. The van der Waals surface area contributed by atoms with Gasteiger partial charge in [0.15, 0.2) is 0 Å². The molecule has 0 radical (unpaired) electrons. The van der Waals surface area contributed by atoms with E-state index in [4.69, 9.17) is 5.73 Å². The molecule has 0 aromatic carbocycles. The van der Waals surface area contributed by atoms with Gasteiger partial charge in [-0.25, -0.2) is 13.1 Å². The van der Waals surface area contributed by atoms with Gasteiger partial charge in [-0.05, 0) is 44.2 Å². The van der Waals surface area contributed by atoms with Crippen LogP contribution in [0.3, 0.4) is 0 Å². The van der Waals surface area contributed by atoms with Gasteiger partial charge >= 0.3 is 0 Å².